The number of carbonyl (C=O) groups excluding carboxylic acids is 1. The molecular weight excluding hydrogens is 406 g/mol. The Kier molecular flexibility index (Phi) is 5.53. The predicted molar refractivity (Wildman–Crippen MR) is 109 cm³/mol. The second-order valence-corrected chi connectivity index (χ2v) is 8.54. The van der Waals surface area contributed by atoms with Crippen LogP contribution in [0.3, 0.4) is 0 Å². The van der Waals surface area contributed by atoms with Crippen molar-refractivity contribution < 1.29 is 17.9 Å². The zero-order valence-corrected chi connectivity index (χ0v) is 16.7. The number of carbonyl (C=O) groups is 1. The number of hydrogen-bond donors (Lipinski definition) is 1. The number of sulfonamides is 1. The maximum atomic E-state index is 12.9. The number of nitrogens with zero attached hydrogens (tertiary/aromatic N) is 4. The third-order valence-electron chi connectivity index (χ3n) is 4.68. The molecule has 0 amide bonds. The highest BCUT2D eigenvalue weighted by molar-refractivity contribution is 7.89. The number of hydrogen-bond acceptors (Lipinski definition) is 8. The molecule has 1 aliphatic heterocycles. The van der Waals surface area contributed by atoms with Crippen LogP contribution in [-0.2, 0) is 14.8 Å². The van der Waals surface area contributed by atoms with Crippen LogP contribution < -0.4 is 5.73 Å². The van der Waals surface area contributed by atoms with Gasteiger partial charge < -0.3 is 10.5 Å². The van der Waals surface area contributed by atoms with E-state index >= 15 is 0 Å². The van der Waals surface area contributed by atoms with E-state index in [9.17, 15) is 13.2 Å². The first kappa shape index (κ1) is 20.1. The standard InChI is InChI=1S/C20H19N5O4S/c21-20-18(19(26)15-4-2-6-22-12-15)24-17(13-23-20)14-3-1-5-16(11-14)30(27,28)25-7-9-29-10-8-25/h1-6,11-13H,7-10H2,(H2,21,23). The highest BCUT2D eigenvalue weighted by atomic mass is 32.2. The summed E-state index contributed by atoms with van der Waals surface area (Å²) in [5.41, 5.74) is 7.05. The summed E-state index contributed by atoms with van der Waals surface area (Å²) in [6.45, 7) is 1.33. The fourth-order valence-corrected chi connectivity index (χ4v) is 4.54. The van der Waals surface area contributed by atoms with Gasteiger partial charge in [-0.2, -0.15) is 4.31 Å². The molecule has 3 heterocycles. The molecule has 3 aromatic rings. The van der Waals surface area contributed by atoms with Gasteiger partial charge in [-0.3, -0.25) is 9.78 Å². The van der Waals surface area contributed by atoms with Crippen molar-refractivity contribution in [2.45, 2.75) is 4.90 Å². The summed E-state index contributed by atoms with van der Waals surface area (Å²) in [6.07, 6.45) is 4.39. The number of morpholine rings is 1. The first-order valence-corrected chi connectivity index (χ1v) is 10.7. The van der Waals surface area contributed by atoms with Gasteiger partial charge in [-0.1, -0.05) is 12.1 Å². The largest absolute Gasteiger partial charge is 0.382 e. The number of nitrogen functional groups attached to an aromatic ring is 1. The van der Waals surface area contributed by atoms with Gasteiger partial charge in [0.2, 0.25) is 15.8 Å². The lowest BCUT2D eigenvalue weighted by Gasteiger charge is -2.26. The molecule has 0 unspecified atom stereocenters. The minimum atomic E-state index is -3.66. The molecule has 30 heavy (non-hydrogen) atoms. The van der Waals surface area contributed by atoms with E-state index < -0.39 is 15.8 Å². The van der Waals surface area contributed by atoms with Crippen molar-refractivity contribution in [3.63, 3.8) is 0 Å². The molecule has 1 aromatic carbocycles. The van der Waals surface area contributed by atoms with Gasteiger partial charge in [0.1, 0.15) is 0 Å². The van der Waals surface area contributed by atoms with Crippen molar-refractivity contribution in [2.75, 3.05) is 32.0 Å². The first-order chi connectivity index (χ1) is 14.5. The molecule has 0 bridgehead atoms. The van der Waals surface area contributed by atoms with Crippen molar-refractivity contribution in [3.05, 3.63) is 66.2 Å². The molecular formula is C20H19N5O4S. The third-order valence-corrected chi connectivity index (χ3v) is 6.57. The smallest absolute Gasteiger partial charge is 0.243 e. The Morgan fingerprint density at radius 2 is 1.90 bits per heavy atom. The van der Waals surface area contributed by atoms with Gasteiger partial charge in [-0.15, -0.1) is 0 Å². The van der Waals surface area contributed by atoms with Crippen LogP contribution in [0.15, 0.2) is 59.9 Å². The van der Waals surface area contributed by atoms with Crippen molar-refractivity contribution >= 4 is 21.6 Å². The van der Waals surface area contributed by atoms with E-state index in [4.69, 9.17) is 10.5 Å². The lowest BCUT2D eigenvalue weighted by molar-refractivity contribution is 0.0730. The van der Waals surface area contributed by atoms with Crippen LogP contribution in [0.4, 0.5) is 5.82 Å². The number of benzene rings is 1. The second kappa shape index (κ2) is 8.27. The maximum Gasteiger partial charge on any atom is 0.243 e. The number of ketones is 1. The summed E-state index contributed by atoms with van der Waals surface area (Å²) in [7, 11) is -3.66. The molecule has 0 spiro atoms. The maximum absolute atomic E-state index is 12.9. The quantitative estimate of drug-likeness (QED) is 0.607. The van der Waals surface area contributed by atoms with E-state index in [-0.39, 0.29) is 16.4 Å². The fourth-order valence-electron chi connectivity index (χ4n) is 3.09. The van der Waals surface area contributed by atoms with Crippen molar-refractivity contribution in [1.82, 2.24) is 19.3 Å². The molecule has 0 aliphatic carbocycles. The van der Waals surface area contributed by atoms with E-state index in [0.717, 1.165) is 0 Å². The molecule has 9 nitrogen and oxygen atoms in total. The molecule has 2 N–H and O–H groups in total. The van der Waals surface area contributed by atoms with Gasteiger partial charge >= 0.3 is 0 Å². The molecule has 0 saturated carbocycles. The van der Waals surface area contributed by atoms with Gasteiger partial charge in [-0.25, -0.2) is 18.4 Å². The normalized spacial score (nSPS) is 15.1. The Hall–Kier alpha value is -3.21. The van der Waals surface area contributed by atoms with Crippen molar-refractivity contribution in [2.24, 2.45) is 0 Å². The highest BCUT2D eigenvalue weighted by Gasteiger charge is 2.26. The van der Waals surface area contributed by atoms with E-state index in [2.05, 4.69) is 15.0 Å². The summed E-state index contributed by atoms with van der Waals surface area (Å²) < 4.78 is 32.5. The summed E-state index contributed by atoms with van der Waals surface area (Å²) in [5.74, 6) is -0.420. The number of nitrogens with two attached hydrogens (primary N) is 1. The number of anilines is 1. The fraction of sp³-hybridized carbons (Fsp3) is 0.200. The van der Waals surface area contributed by atoms with Crippen LogP contribution in [0.5, 0.6) is 0 Å². The van der Waals surface area contributed by atoms with Crippen LogP contribution in [-0.4, -0.2) is 59.8 Å². The summed E-state index contributed by atoms with van der Waals surface area (Å²) in [4.78, 5) is 25.3. The van der Waals surface area contributed by atoms with E-state index in [0.29, 0.717) is 43.1 Å². The molecule has 2 aromatic heterocycles. The van der Waals surface area contributed by atoms with Crippen molar-refractivity contribution in [3.8, 4) is 11.3 Å². The lowest BCUT2D eigenvalue weighted by atomic mass is 10.1. The Morgan fingerprint density at radius 1 is 1.10 bits per heavy atom. The second-order valence-electron chi connectivity index (χ2n) is 6.60. The van der Waals surface area contributed by atoms with Gasteiger partial charge in [0, 0.05) is 36.6 Å². The van der Waals surface area contributed by atoms with Crippen LogP contribution >= 0.6 is 0 Å². The zero-order chi connectivity index (χ0) is 21.1. The molecule has 1 fully saturated rings. The summed E-state index contributed by atoms with van der Waals surface area (Å²) >= 11 is 0. The SMILES string of the molecule is Nc1ncc(-c2cccc(S(=O)(=O)N3CCOCC3)c2)nc1C(=O)c1cccnc1. The number of aromatic nitrogens is 3. The molecule has 1 saturated heterocycles. The predicted octanol–water partition coefficient (Wildman–Crippen LogP) is 1.37. The zero-order valence-electron chi connectivity index (χ0n) is 15.9. The van der Waals surface area contributed by atoms with E-state index in [1.54, 1.807) is 30.5 Å². The summed E-state index contributed by atoms with van der Waals surface area (Å²) in [5, 5.41) is 0. The third kappa shape index (κ3) is 3.92. The molecule has 4 rings (SSSR count). The highest BCUT2D eigenvalue weighted by Crippen LogP contribution is 2.25. The molecule has 10 heteroatoms. The van der Waals surface area contributed by atoms with Crippen LogP contribution in [0.25, 0.3) is 11.3 Å². The average Bonchev–Trinajstić information content (AvgIpc) is 2.80. The van der Waals surface area contributed by atoms with Crippen LogP contribution in [0, 0.1) is 0 Å². The van der Waals surface area contributed by atoms with Crippen LogP contribution in [0.2, 0.25) is 0 Å². The first-order valence-electron chi connectivity index (χ1n) is 9.22. The molecule has 154 valence electrons. The lowest BCUT2D eigenvalue weighted by Crippen LogP contribution is -2.40. The topological polar surface area (TPSA) is 128 Å². The molecule has 0 radical (unpaired) electrons. The Labute approximate surface area is 173 Å². The minimum Gasteiger partial charge on any atom is -0.382 e. The van der Waals surface area contributed by atoms with Gasteiger partial charge in [0.15, 0.2) is 11.5 Å². The monoisotopic (exact) mass is 425 g/mol. The van der Waals surface area contributed by atoms with E-state index in [1.807, 2.05) is 0 Å². The Balaban J connectivity index is 1.70. The van der Waals surface area contributed by atoms with Gasteiger partial charge in [-0.05, 0) is 24.3 Å². The van der Waals surface area contributed by atoms with Crippen molar-refractivity contribution in [1.29, 1.82) is 0 Å². The molecule has 0 atom stereocenters. The average molecular weight is 425 g/mol. The number of rotatable bonds is 5. The number of pyridine rings is 1. The van der Waals surface area contributed by atoms with E-state index in [1.165, 1.54) is 28.8 Å². The van der Waals surface area contributed by atoms with Gasteiger partial charge in [0.05, 0.1) is 30.0 Å². The molecule has 1 aliphatic rings. The van der Waals surface area contributed by atoms with Crippen LogP contribution in [0.1, 0.15) is 16.1 Å². The summed E-state index contributed by atoms with van der Waals surface area (Å²) in [6, 6.07) is 9.63. The number of ether oxygens (including phenoxy) is 1. The Morgan fingerprint density at radius 3 is 2.63 bits per heavy atom. The Bertz CT molecular complexity index is 1180. The van der Waals surface area contributed by atoms with Gasteiger partial charge in [0.25, 0.3) is 0 Å². The minimum absolute atomic E-state index is 0.00954.